The monoisotopic (exact) mass is 505 g/mol. The summed E-state index contributed by atoms with van der Waals surface area (Å²) in [5.74, 6) is 2.10. The van der Waals surface area contributed by atoms with Crippen molar-refractivity contribution in [2.45, 2.75) is 25.8 Å². The standard InChI is InChI=1S/C27H32FN7S/c28-22-11-9-21(10-12-22)20-29-27(36)32-26-30-24(34-13-5-2-6-14-34)19-25(31-26)35-17-15-33(16-18-35)23-7-3-1-4-8-23/h1,3-4,7-12,19H,2,5-6,13-18,20H2,(H2,29,30,31,32,36). The topological polar surface area (TPSA) is 59.6 Å². The molecule has 2 fully saturated rings. The van der Waals surface area contributed by atoms with E-state index in [4.69, 9.17) is 22.2 Å². The van der Waals surface area contributed by atoms with Gasteiger partial charge in [-0.05, 0) is 61.3 Å². The summed E-state index contributed by atoms with van der Waals surface area (Å²) in [7, 11) is 0. The van der Waals surface area contributed by atoms with Crippen LogP contribution in [0.3, 0.4) is 0 Å². The molecule has 2 N–H and O–H groups in total. The van der Waals surface area contributed by atoms with Gasteiger partial charge in [-0.25, -0.2) is 4.39 Å². The van der Waals surface area contributed by atoms with Crippen LogP contribution in [0.25, 0.3) is 0 Å². The largest absolute Gasteiger partial charge is 0.368 e. The Morgan fingerprint density at radius 1 is 0.778 bits per heavy atom. The molecule has 0 bridgehead atoms. The van der Waals surface area contributed by atoms with Crippen LogP contribution >= 0.6 is 12.2 Å². The van der Waals surface area contributed by atoms with Crippen molar-refractivity contribution in [2.24, 2.45) is 0 Å². The minimum absolute atomic E-state index is 0.250. The summed E-state index contributed by atoms with van der Waals surface area (Å²) >= 11 is 5.52. The average Bonchev–Trinajstić information content (AvgIpc) is 2.94. The molecule has 5 rings (SSSR count). The quantitative estimate of drug-likeness (QED) is 0.478. The van der Waals surface area contributed by atoms with E-state index in [0.29, 0.717) is 17.6 Å². The number of nitrogens with one attached hydrogen (secondary N) is 2. The lowest BCUT2D eigenvalue weighted by Crippen LogP contribution is -2.47. The lowest BCUT2D eigenvalue weighted by Gasteiger charge is -2.37. The summed E-state index contributed by atoms with van der Waals surface area (Å²) in [4.78, 5) is 16.7. The second kappa shape index (κ2) is 11.5. The van der Waals surface area contributed by atoms with Crippen LogP contribution in [-0.2, 0) is 6.54 Å². The van der Waals surface area contributed by atoms with E-state index in [1.807, 2.05) is 0 Å². The number of benzene rings is 2. The highest BCUT2D eigenvalue weighted by molar-refractivity contribution is 7.80. The van der Waals surface area contributed by atoms with Crippen LogP contribution in [0.5, 0.6) is 0 Å². The molecular weight excluding hydrogens is 473 g/mol. The number of halogens is 1. The third-order valence-electron chi connectivity index (χ3n) is 6.70. The molecule has 36 heavy (non-hydrogen) atoms. The molecule has 2 aliphatic rings. The minimum atomic E-state index is -0.250. The summed E-state index contributed by atoms with van der Waals surface area (Å²) < 4.78 is 13.2. The molecule has 2 saturated heterocycles. The number of piperazine rings is 1. The minimum Gasteiger partial charge on any atom is -0.368 e. The van der Waals surface area contributed by atoms with Crippen LogP contribution in [0.4, 0.5) is 27.7 Å². The van der Waals surface area contributed by atoms with Gasteiger partial charge in [-0.1, -0.05) is 30.3 Å². The average molecular weight is 506 g/mol. The van der Waals surface area contributed by atoms with E-state index in [2.05, 4.69) is 61.7 Å². The van der Waals surface area contributed by atoms with Gasteiger partial charge in [0.25, 0.3) is 0 Å². The molecule has 0 radical (unpaired) electrons. The Morgan fingerprint density at radius 2 is 1.39 bits per heavy atom. The SMILES string of the molecule is Fc1ccc(CNC(=S)Nc2nc(N3CCCCC3)cc(N3CCN(c4ccccc4)CC3)n2)cc1. The normalized spacial score (nSPS) is 16.1. The molecule has 0 saturated carbocycles. The van der Waals surface area contributed by atoms with Gasteiger partial charge >= 0.3 is 0 Å². The molecular formula is C27H32FN7S. The molecule has 0 unspecified atom stereocenters. The molecule has 3 aromatic rings. The first-order chi connectivity index (χ1) is 17.6. The zero-order valence-corrected chi connectivity index (χ0v) is 21.2. The van der Waals surface area contributed by atoms with Gasteiger partial charge in [-0.2, -0.15) is 9.97 Å². The number of hydrogen-bond acceptors (Lipinski definition) is 6. The molecule has 2 aliphatic heterocycles. The highest BCUT2D eigenvalue weighted by atomic mass is 32.1. The highest BCUT2D eigenvalue weighted by Gasteiger charge is 2.22. The molecule has 1 aromatic heterocycles. The van der Waals surface area contributed by atoms with Crippen molar-refractivity contribution >= 4 is 40.6 Å². The molecule has 9 heteroatoms. The van der Waals surface area contributed by atoms with E-state index in [9.17, 15) is 4.39 Å². The van der Waals surface area contributed by atoms with Gasteiger partial charge in [0.05, 0.1) is 0 Å². The lowest BCUT2D eigenvalue weighted by molar-refractivity contribution is 0.573. The Labute approximate surface area is 217 Å². The zero-order valence-electron chi connectivity index (χ0n) is 20.4. The summed E-state index contributed by atoms with van der Waals surface area (Å²) in [6, 6.07) is 19.0. The summed E-state index contributed by atoms with van der Waals surface area (Å²) in [6.45, 7) is 6.15. The number of para-hydroxylation sites is 1. The van der Waals surface area contributed by atoms with Crippen LogP contribution in [0, 0.1) is 5.82 Å². The van der Waals surface area contributed by atoms with Crippen molar-refractivity contribution in [3.8, 4) is 0 Å². The second-order valence-corrected chi connectivity index (χ2v) is 9.61. The Morgan fingerprint density at radius 3 is 2.06 bits per heavy atom. The van der Waals surface area contributed by atoms with Gasteiger partial charge in [-0.3, -0.25) is 0 Å². The summed E-state index contributed by atoms with van der Waals surface area (Å²) in [5, 5.41) is 6.79. The van der Waals surface area contributed by atoms with Crippen molar-refractivity contribution < 1.29 is 4.39 Å². The smallest absolute Gasteiger partial charge is 0.232 e. The van der Waals surface area contributed by atoms with Crippen LogP contribution in [0.1, 0.15) is 24.8 Å². The predicted molar refractivity (Wildman–Crippen MR) is 148 cm³/mol. The number of hydrogen-bond donors (Lipinski definition) is 2. The lowest BCUT2D eigenvalue weighted by atomic mass is 10.1. The fraction of sp³-hybridized carbons (Fsp3) is 0.370. The van der Waals surface area contributed by atoms with E-state index in [0.717, 1.165) is 56.5 Å². The number of nitrogens with zero attached hydrogens (tertiary/aromatic N) is 5. The number of anilines is 4. The van der Waals surface area contributed by atoms with Gasteiger partial charge in [0.1, 0.15) is 17.5 Å². The highest BCUT2D eigenvalue weighted by Crippen LogP contribution is 2.26. The number of thiocarbonyl (C=S) groups is 1. The van der Waals surface area contributed by atoms with E-state index in [1.165, 1.54) is 37.1 Å². The molecule has 0 amide bonds. The second-order valence-electron chi connectivity index (χ2n) is 9.20. The van der Waals surface area contributed by atoms with Crippen molar-refractivity contribution in [1.29, 1.82) is 0 Å². The van der Waals surface area contributed by atoms with Gasteiger partial charge in [-0.15, -0.1) is 0 Å². The van der Waals surface area contributed by atoms with Gasteiger partial charge in [0.15, 0.2) is 5.11 Å². The van der Waals surface area contributed by atoms with E-state index >= 15 is 0 Å². The first-order valence-corrected chi connectivity index (χ1v) is 13.0. The van der Waals surface area contributed by atoms with Crippen molar-refractivity contribution in [2.75, 3.05) is 59.3 Å². The third-order valence-corrected chi connectivity index (χ3v) is 6.94. The molecule has 0 aliphatic carbocycles. The fourth-order valence-corrected chi connectivity index (χ4v) is 4.85. The molecule has 0 spiro atoms. The maximum Gasteiger partial charge on any atom is 0.232 e. The molecule has 7 nitrogen and oxygen atoms in total. The molecule has 2 aromatic carbocycles. The van der Waals surface area contributed by atoms with Crippen LogP contribution < -0.4 is 25.3 Å². The van der Waals surface area contributed by atoms with E-state index in [1.54, 1.807) is 12.1 Å². The third kappa shape index (κ3) is 6.20. The molecule has 188 valence electrons. The molecule has 0 atom stereocenters. The van der Waals surface area contributed by atoms with Crippen LogP contribution in [0.2, 0.25) is 0 Å². The first-order valence-electron chi connectivity index (χ1n) is 12.6. The van der Waals surface area contributed by atoms with Gasteiger partial charge in [0.2, 0.25) is 5.95 Å². The summed E-state index contributed by atoms with van der Waals surface area (Å²) in [6.07, 6.45) is 3.61. The van der Waals surface area contributed by atoms with Crippen molar-refractivity contribution in [3.63, 3.8) is 0 Å². The Bertz CT molecular complexity index is 1140. The summed E-state index contributed by atoms with van der Waals surface area (Å²) in [5.41, 5.74) is 2.20. The number of rotatable bonds is 6. The van der Waals surface area contributed by atoms with E-state index < -0.39 is 0 Å². The van der Waals surface area contributed by atoms with Gasteiger partial charge in [0, 0.05) is 57.6 Å². The number of piperidine rings is 1. The predicted octanol–water partition coefficient (Wildman–Crippen LogP) is 4.42. The Hall–Kier alpha value is -3.46. The maximum absolute atomic E-state index is 13.2. The fourth-order valence-electron chi connectivity index (χ4n) is 4.69. The molecule has 3 heterocycles. The van der Waals surface area contributed by atoms with Crippen molar-refractivity contribution in [3.05, 3.63) is 72.0 Å². The zero-order chi connectivity index (χ0) is 24.7. The van der Waals surface area contributed by atoms with Crippen molar-refractivity contribution in [1.82, 2.24) is 15.3 Å². The van der Waals surface area contributed by atoms with E-state index in [-0.39, 0.29) is 5.82 Å². The number of aromatic nitrogens is 2. The Balaban J connectivity index is 1.28. The van der Waals surface area contributed by atoms with Crippen LogP contribution in [-0.4, -0.2) is 54.3 Å². The van der Waals surface area contributed by atoms with Crippen LogP contribution in [0.15, 0.2) is 60.7 Å². The first kappa shape index (κ1) is 24.2. The maximum atomic E-state index is 13.2. The Kier molecular flexibility index (Phi) is 7.76. The van der Waals surface area contributed by atoms with Gasteiger partial charge < -0.3 is 25.3 Å².